The maximum atomic E-state index is 12.4. The third-order valence-electron chi connectivity index (χ3n) is 2.26. The zero-order chi connectivity index (χ0) is 9.68. The molecule has 1 fully saturated rings. The standard InChI is InChI=1S/C10H17FO2/c1-2-3-4-5-6-13-10(12)8-7-9(8)11/h8-9H,2-7H2,1H3/t8-,9+/m1/s1. The highest BCUT2D eigenvalue weighted by Gasteiger charge is 2.44. The van der Waals surface area contributed by atoms with Crippen LogP contribution in [0.4, 0.5) is 4.39 Å². The molecular weight excluding hydrogens is 171 g/mol. The SMILES string of the molecule is CCCCCCOC(=O)[C@@H]1C[C@@H]1F. The topological polar surface area (TPSA) is 26.3 Å². The fourth-order valence-electron chi connectivity index (χ4n) is 1.22. The molecule has 1 rings (SSSR count). The zero-order valence-electron chi connectivity index (χ0n) is 8.09. The van der Waals surface area contributed by atoms with Crippen LogP contribution in [0, 0.1) is 5.92 Å². The molecule has 3 heteroatoms. The summed E-state index contributed by atoms with van der Waals surface area (Å²) in [7, 11) is 0. The van der Waals surface area contributed by atoms with Gasteiger partial charge in [0.05, 0.1) is 12.5 Å². The van der Waals surface area contributed by atoms with Crippen LogP contribution in [0.25, 0.3) is 0 Å². The van der Waals surface area contributed by atoms with Crippen molar-refractivity contribution < 1.29 is 13.9 Å². The summed E-state index contributed by atoms with van der Waals surface area (Å²) in [6.45, 7) is 2.59. The first kappa shape index (κ1) is 10.5. The molecular formula is C10H17FO2. The molecule has 0 heterocycles. The first-order valence-corrected chi connectivity index (χ1v) is 5.06. The minimum absolute atomic E-state index is 0.344. The second-order valence-electron chi connectivity index (χ2n) is 3.59. The van der Waals surface area contributed by atoms with Gasteiger partial charge in [0.1, 0.15) is 6.17 Å². The lowest BCUT2D eigenvalue weighted by atomic mass is 10.2. The summed E-state index contributed by atoms with van der Waals surface area (Å²) in [4.78, 5) is 11.0. The van der Waals surface area contributed by atoms with Crippen LogP contribution in [0.5, 0.6) is 0 Å². The Kier molecular flexibility index (Phi) is 4.19. The smallest absolute Gasteiger partial charge is 0.312 e. The van der Waals surface area contributed by atoms with Crippen molar-refractivity contribution in [1.29, 1.82) is 0 Å². The molecule has 13 heavy (non-hydrogen) atoms. The number of hydrogen-bond donors (Lipinski definition) is 0. The van der Waals surface area contributed by atoms with Gasteiger partial charge in [0.25, 0.3) is 0 Å². The van der Waals surface area contributed by atoms with Crippen molar-refractivity contribution >= 4 is 5.97 Å². The van der Waals surface area contributed by atoms with Crippen molar-refractivity contribution in [3.8, 4) is 0 Å². The molecule has 0 spiro atoms. The van der Waals surface area contributed by atoms with Gasteiger partial charge in [0.2, 0.25) is 0 Å². The van der Waals surface area contributed by atoms with Gasteiger partial charge in [-0.1, -0.05) is 26.2 Å². The molecule has 0 aromatic heterocycles. The van der Waals surface area contributed by atoms with Crippen molar-refractivity contribution in [2.24, 2.45) is 5.92 Å². The van der Waals surface area contributed by atoms with Gasteiger partial charge in [-0.05, 0) is 12.8 Å². The Labute approximate surface area is 78.5 Å². The molecule has 0 aliphatic heterocycles. The van der Waals surface area contributed by atoms with E-state index in [1.807, 2.05) is 0 Å². The second-order valence-corrected chi connectivity index (χ2v) is 3.59. The molecule has 0 bridgehead atoms. The summed E-state index contributed by atoms with van der Waals surface area (Å²) in [5.41, 5.74) is 0. The summed E-state index contributed by atoms with van der Waals surface area (Å²) in [5.74, 6) is -0.782. The molecule has 76 valence electrons. The van der Waals surface area contributed by atoms with Crippen molar-refractivity contribution in [3.05, 3.63) is 0 Å². The second kappa shape index (κ2) is 5.20. The van der Waals surface area contributed by atoms with Gasteiger partial charge >= 0.3 is 5.97 Å². The van der Waals surface area contributed by atoms with Gasteiger partial charge in [0, 0.05) is 0 Å². The monoisotopic (exact) mass is 188 g/mol. The largest absolute Gasteiger partial charge is 0.465 e. The first-order valence-electron chi connectivity index (χ1n) is 5.06. The number of carbonyl (C=O) groups excluding carboxylic acids is 1. The van der Waals surface area contributed by atoms with Gasteiger partial charge in [-0.15, -0.1) is 0 Å². The Morgan fingerprint density at radius 3 is 2.69 bits per heavy atom. The summed E-state index contributed by atoms with van der Waals surface area (Å²) in [6.07, 6.45) is 3.78. The van der Waals surface area contributed by atoms with Crippen LogP contribution in [-0.2, 0) is 9.53 Å². The number of halogens is 1. The minimum Gasteiger partial charge on any atom is -0.465 e. The van der Waals surface area contributed by atoms with E-state index >= 15 is 0 Å². The van der Waals surface area contributed by atoms with E-state index in [1.165, 1.54) is 12.8 Å². The molecule has 1 aliphatic rings. The molecule has 0 saturated heterocycles. The number of esters is 1. The van der Waals surface area contributed by atoms with Gasteiger partial charge in [-0.3, -0.25) is 4.79 Å². The fourth-order valence-corrected chi connectivity index (χ4v) is 1.22. The summed E-state index contributed by atoms with van der Waals surface area (Å²) in [5, 5.41) is 0. The average Bonchev–Trinajstić information content (AvgIpc) is 2.82. The van der Waals surface area contributed by atoms with Crippen molar-refractivity contribution in [2.75, 3.05) is 6.61 Å². The van der Waals surface area contributed by atoms with Crippen LogP contribution in [0.1, 0.15) is 39.0 Å². The fraction of sp³-hybridized carbons (Fsp3) is 0.900. The number of carbonyl (C=O) groups is 1. The zero-order valence-corrected chi connectivity index (χ0v) is 8.09. The van der Waals surface area contributed by atoms with Gasteiger partial charge < -0.3 is 4.74 Å². The van der Waals surface area contributed by atoms with Crippen LogP contribution in [0.15, 0.2) is 0 Å². The number of hydrogen-bond acceptors (Lipinski definition) is 2. The van der Waals surface area contributed by atoms with E-state index in [9.17, 15) is 9.18 Å². The Balaban J connectivity index is 1.91. The Morgan fingerprint density at radius 1 is 1.46 bits per heavy atom. The van der Waals surface area contributed by atoms with Crippen molar-refractivity contribution in [2.45, 2.75) is 45.2 Å². The summed E-state index contributed by atoms with van der Waals surface area (Å²) < 4.78 is 17.3. The Bertz CT molecular complexity index is 170. The van der Waals surface area contributed by atoms with Crippen LogP contribution in [0.2, 0.25) is 0 Å². The van der Waals surface area contributed by atoms with Gasteiger partial charge in [-0.2, -0.15) is 0 Å². The van der Waals surface area contributed by atoms with Gasteiger partial charge in [0.15, 0.2) is 0 Å². The lowest BCUT2D eigenvalue weighted by Crippen LogP contribution is -2.09. The molecule has 0 aromatic rings. The van der Waals surface area contributed by atoms with Crippen molar-refractivity contribution in [1.82, 2.24) is 0 Å². The van der Waals surface area contributed by atoms with Crippen LogP contribution < -0.4 is 0 Å². The lowest BCUT2D eigenvalue weighted by Gasteiger charge is -2.02. The highest BCUT2D eigenvalue weighted by molar-refractivity contribution is 5.76. The highest BCUT2D eigenvalue weighted by atomic mass is 19.1. The predicted molar refractivity (Wildman–Crippen MR) is 48.1 cm³/mol. The molecule has 0 aromatic carbocycles. The highest BCUT2D eigenvalue weighted by Crippen LogP contribution is 2.34. The van der Waals surface area contributed by atoms with Crippen LogP contribution in [0.3, 0.4) is 0 Å². The normalized spacial score (nSPS) is 25.7. The molecule has 2 atom stereocenters. The van der Waals surface area contributed by atoms with E-state index in [1.54, 1.807) is 0 Å². The predicted octanol–water partition coefficient (Wildman–Crippen LogP) is 2.47. The van der Waals surface area contributed by atoms with E-state index in [4.69, 9.17) is 4.74 Å². The van der Waals surface area contributed by atoms with E-state index in [2.05, 4.69) is 6.92 Å². The maximum Gasteiger partial charge on any atom is 0.312 e. The molecule has 0 unspecified atom stereocenters. The Hall–Kier alpha value is -0.600. The maximum absolute atomic E-state index is 12.4. The van der Waals surface area contributed by atoms with Crippen molar-refractivity contribution in [3.63, 3.8) is 0 Å². The average molecular weight is 188 g/mol. The molecule has 0 N–H and O–H groups in total. The van der Waals surface area contributed by atoms with Gasteiger partial charge in [-0.25, -0.2) is 4.39 Å². The minimum atomic E-state index is -0.928. The molecule has 2 nitrogen and oxygen atoms in total. The lowest BCUT2D eigenvalue weighted by molar-refractivity contribution is -0.145. The number of unbranched alkanes of at least 4 members (excludes halogenated alkanes) is 3. The first-order chi connectivity index (χ1) is 6.25. The molecule has 1 saturated carbocycles. The Morgan fingerprint density at radius 2 is 2.15 bits per heavy atom. The summed E-state index contributed by atoms with van der Waals surface area (Å²) in [6, 6.07) is 0. The summed E-state index contributed by atoms with van der Waals surface area (Å²) >= 11 is 0. The van der Waals surface area contributed by atoms with Crippen LogP contribution in [-0.4, -0.2) is 18.7 Å². The molecule has 1 aliphatic carbocycles. The number of ether oxygens (including phenoxy) is 1. The quantitative estimate of drug-likeness (QED) is 0.473. The third-order valence-corrected chi connectivity index (χ3v) is 2.26. The van der Waals surface area contributed by atoms with E-state index < -0.39 is 12.1 Å². The van der Waals surface area contributed by atoms with E-state index in [-0.39, 0.29) is 5.97 Å². The number of alkyl halides is 1. The van der Waals surface area contributed by atoms with E-state index in [0.29, 0.717) is 13.0 Å². The molecule has 0 amide bonds. The molecule has 0 radical (unpaired) electrons. The van der Waals surface area contributed by atoms with E-state index in [0.717, 1.165) is 12.8 Å². The third kappa shape index (κ3) is 3.75. The van der Waals surface area contributed by atoms with Crippen LogP contribution >= 0.6 is 0 Å². The number of rotatable bonds is 6.